The Kier molecular flexibility index (Phi) is 3.39. The summed E-state index contributed by atoms with van der Waals surface area (Å²) in [6.07, 6.45) is 3.45. The van der Waals surface area contributed by atoms with Crippen LogP contribution in [-0.4, -0.2) is 20.6 Å². The summed E-state index contributed by atoms with van der Waals surface area (Å²) < 4.78 is 1.98. The number of imidazole rings is 1. The van der Waals surface area contributed by atoms with Crippen LogP contribution in [0.4, 0.5) is 0 Å². The Balaban J connectivity index is 2.54. The van der Waals surface area contributed by atoms with E-state index in [9.17, 15) is 4.79 Å². The average molecular weight is 265 g/mol. The van der Waals surface area contributed by atoms with E-state index in [0.29, 0.717) is 0 Å². The second kappa shape index (κ2) is 4.82. The molecule has 4 nitrogen and oxygen atoms in total. The minimum atomic E-state index is -1.03. The molecule has 2 aromatic rings. The highest BCUT2D eigenvalue weighted by Crippen LogP contribution is 2.26. The fourth-order valence-electron chi connectivity index (χ4n) is 1.79. The zero-order valence-electron chi connectivity index (χ0n) is 10.1. The molecule has 1 aromatic heterocycles. The molecule has 0 radical (unpaired) electrons. The Morgan fingerprint density at radius 1 is 1.44 bits per heavy atom. The van der Waals surface area contributed by atoms with Crippen LogP contribution in [0.15, 0.2) is 30.7 Å². The van der Waals surface area contributed by atoms with Gasteiger partial charge in [-0.05, 0) is 26.0 Å². The molecule has 0 atom stereocenters. The van der Waals surface area contributed by atoms with E-state index in [-0.39, 0.29) is 16.6 Å². The Hall–Kier alpha value is -1.81. The lowest BCUT2D eigenvalue weighted by Gasteiger charge is -2.12. The molecule has 0 spiro atoms. The Morgan fingerprint density at radius 3 is 2.78 bits per heavy atom. The van der Waals surface area contributed by atoms with Crippen LogP contribution >= 0.6 is 11.6 Å². The fraction of sp³-hybridized carbons (Fsp3) is 0.231. The van der Waals surface area contributed by atoms with E-state index < -0.39 is 5.97 Å². The number of carbonyl (C=O) groups is 1. The van der Waals surface area contributed by atoms with E-state index in [2.05, 4.69) is 4.98 Å². The van der Waals surface area contributed by atoms with Crippen molar-refractivity contribution < 1.29 is 9.90 Å². The summed E-state index contributed by atoms with van der Waals surface area (Å²) in [6.45, 7) is 4.08. The number of halogens is 1. The number of rotatable bonds is 3. The van der Waals surface area contributed by atoms with Crippen LogP contribution in [0.1, 0.15) is 30.2 Å². The molecule has 0 saturated heterocycles. The smallest absolute Gasteiger partial charge is 0.337 e. The molecule has 0 bridgehead atoms. The molecule has 0 amide bonds. The summed E-state index contributed by atoms with van der Waals surface area (Å²) in [5.41, 5.74) is 1.78. The van der Waals surface area contributed by atoms with Crippen molar-refractivity contribution in [2.45, 2.75) is 19.9 Å². The Morgan fingerprint density at radius 2 is 2.17 bits per heavy atom. The molecule has 1 aromatic carbocycles. The van der Waals surface area contributed by atoms with E-state index in [1.165, 1.54) is 0 Å². The maximum atomic E-state index is 11.1. The van der Waals surface area contributed by atoms with Gasteiger partial charge in [-0.15, -0.1) is 0 Å². The topological polar surface area (TPSA) is 55.1 Å². The van der Waals surface area contributed by atoms with Gasteiger partial charge in [0, 0.05) is 11.6 Å². The number of hydrogen-bond donors (Lipinski definition) is 1. The van der Waals surface area contributed by atoms with Crippen LogP contribution in [0, 0.1) is 0 Å². The van der Waals surface area contributed by atoms with Crippen molar-refractivity contribution in [3.05, 3.63) is 41.3 Å². The third-order valence-corrected chi connectivity index (χ3v) is 3.04. The molecule has 1 heterocycles. The van der Waals surface area contributed by atoms with Crippen LogP contribution in [0.3, 0.4) is 0 Å². The van der Waals surface area contributed by atoms with Crippen LogP contribution < -0.4 is 0 Å². The zero-order valence-corrected chi connectivity index (χ0v) is 10.8. The van der Waals surface area contributed by atoms with E-state index in [1.807, 2.05) is 18.4 Å². The van der Waals surface area contributed by atoms with Crippen molar-refractivity contribution >= 4 is 17.6 Å². The molecule has 18 heavy (non-hydrogen) atoms. The summed E-state index contributed by atoms with van der Waals surface area (Å²) in [6, 6.07) is 5.22. The van der Waals surface area contributed by atoms with Crippen molar-refractivity contribution in [1.82, 2.24) is 9.55 Å². The van der Waals surface area contributed by atoms with Gasteiger partial charge in [-0.1, -0.05) is 17.7 Å². The highest BCUT2D eigenvalue weighted by molar-refractivity contribution is 6.33. The molecule has 0 aliphatic heterocycles. The number of aromatic nitrogens is 2. The molecule has 0 saturated carbocycles. The summed E-state index contributed by atoms with van der Waals surface area (Å²) in [5, 5.41) is 9.30. The average Bonchev–Trinajstić information content (AvgIpc) is 2.78. The van der Waals surface area contributed by atoms with Crippen LogP contribution in [0.25, 0.3) is 11.3 Å². The standard InChI is InChI=1S/C13H13ClN2O2/c1-8(2)16-7-15-6-12(16)9-3-4-11(14)10(5-9)13(17)18/h3-8H,1-2H3,(H,17,18). The van der Waals surface area contributed by atoms with Gasteiger partial charge >= 0.3 is 5.97 Å². The molecule has 0 aliphatic carbocycles. The molecule has 1 N–H and O–H groups in total. The van der Waals surface area contributed by atoms with Gasteiger partial charge in [0.2, 0.25) is 0 Å². The third kappa shape index (κ3) is 2.24. The van der Waals surface area contributed by atoms with Crippen molar-refractivity contribution in [2.24, 2.45) is 0 Å². The molecular formula is C13H13ClN2O2. The first-order valence-corrected chi connectivity index (χ1v) is 5.93. The first-order valence-electron chi connectivity index (χ1n) is 5.55. The number of nitrogens with zero attached hydrogens (tertiary/aromatic N) is 2. The van der Waals surface area contributed by atoms with E-state index >= 15 is 0 Å². The molecule has 94 valence electrons. The lowest BCUT2D eigenvalue weighted by molar-refractivity contribution is 0.0697. The highest BCUT2D eigenvalue weighted by atomic mass is 35.5. The van der Waals surface area contributed by atoms with Crippen LogP contribution in [0.5, 0.6) is 0 Å². The van der Waals surface area contributed by atoms with Crippen molar-refractivity contribution in [2.75, 3.05) is 0 Å². The molecular weight excluding hydrogens is 252 g/mol. The Bertz CT molecular complexity index is 590. The van der Waals surface area contributed by atoms with Gasteiger partial charge < -0.3 is 9.67 Å². The van der Waals surface area contributed by atoms with Gasteiger partial charge in [0.1, 0.15) is 0 Å². The number of benzene rings is 1. The second-order valence-electron chi connectivity index (χ2n) is 4.28. The Labute approximate surface area is 110 Å². The third-order valence-electron chi connectivity index (χ3n) is 2.71. The van der Waals surface area contributed by atoms with E-state index in [0.717, 1.165) is 11.3 Å². The second-order valence-corrected chi connectivity index (χ2v) is 4.69. The molecule has 0 unspecified atom stereocenters. The number of carboxylic acid groups (broad SMARTS) is 1. The van der Waals surface area contributed by atoms with Gasteiger partial charge in [-0.2, -0.15) is 0 Å². The van der Waals surface area contributed by atoms with Crippen LogP contribution in [-0.2, 0) is 0 Å². The van der Waals surface area contributed by atoms with Crippen molar-refractivity contribution in [3.63, 3.8) is 0 Å². The first-order chi connectivity index (χ1) is 8.50. The summed E-state index contributed by atoms with van der Waals surface area (Å²) in [7, 11) is 0. The highest BCUT2D eigenvalue weighted by Gasteiger charge is 2.13. The van der Waals surface area contributed by atoms with Gasteiger partial charge in [0.05, 0.1) is 28.8 Å². The summed E-state index contributed by atoms with van der Waals surface area (Å²) in [5.74, 6) is -1.03. The summed E-state index contributed by atoms with van der Waals surface area (Å²) in [4.78, 5) is 15.2. The van der Waals surface area contributed by atoms with Gasteiger partial charge in [-0.25, -0.2) is 9.78 Å². The van der Waals surface area contributed by atoms with Gasteiger partial charge in [-0.3, -0.25) is 0 Å². The fourth-order valence-corrected chi connectivity index (χ4v) is 1.99. The molecule has 2 rings (SSSR count). The monoisotopic (exact) mass is 264 g/mol. The predicted molar refractivity (Wildman–Crippen MR) is 70.0 cm³/mol. The largest absolute Gasteiger partial charge is 0.478 e. The van der Waals surface area contributed by atoms with Gasteiger partial charge in [0.15, 0.2) is 0 Å². The number of hydrogen-bond acceptors (Lipinski definition) is 2. The van der Waals surface area contributed by atoms with Crippen molar-refractivity contribution in [3.8, 4) is 11.3 Å². The lowest BCUT2D eigenvalue weighted by Crippen LogP contribution is -2.02. The minimum Gasteiger partial charge on any atom is -0.478 e. The first kappa shape index (κ1) is 12.6. The lowest BCUT2D eigenvalue weighted by atomic mass is 10.1. The number of aromatic carboxylic acids is 1. The quantitative estimate of drug-likeness (QED) is 0.923. The normalized spacial score (nSPS) is 10.9. The molecule has 0 aliphatic rings. The number of carboxylic acids is 1. The van der Waals surface area contributed by atoms with Crippen molar-refractivity contribution in [1.29, 1.82) is 0 Å². The maximum Gasteiger partial charge on any atom is 0.337 e. The van der Waals surface area contributed by atoms with Gasteiger partial charge in [0.25, 0.3) is 0 Å². The van der Waals surface area contributed by atoms with Crippen LogP contribution in [0.2, 0.25) is 5.02 Å². The van der Waals surface area contributed by atoms with E-state index in [4.69, 9.17) is 16.7 Å². The summed E-state index contributed by atoms with van der Waals surface area (Å²) >= 11 is 5.85. The minimum absolute atomic E-state index is 0.102. The zero-order chi connectivity index (χ0) is 13.3. The molecule has 5 heteroatoms. The predicted octanol–water partition coefficient (Wildman–Crippen LogP) is 3.48. The SMILES string of the molecule is CC(C)n1cncc1-c1ccc(Cl)c(C(=O)O)c1. The maximum absolute atomic E-state index is 11.1. The molecule has 0 fully saturated rings. The van der Waals surface area contributed by atoms with E-state index in [1.54, 1.807) is 30.7 Å².